The summed E-state index contributed by atoms with van der Waals surface area (Å²) in [5, 5.41) is 5.59. The van der Waals surface area contributed by atoms with E-state index in [1.54, 1.807) is 0 Å². The molecule has 2 aliphatic rings. The molecule has 0 radical (unpaired) electrons. The molecule has 0 spiro atoms. The summed E-state index contributed by atoms with van der Waals surface area (Å²) in [4.78, 5) is 37.4. The van der Waals surface area contributed by atoms with E-state index in [0.29, 0.717) is 13.0 Å². The smallest absolute Gasteiger partial charge is 0.242 e. The van der Waals surface area contributed by atoms with Crippen LogP contribution in [0.2, 0.25) is 0 Å². The van der Waals surface area contributed by atoms with E-state index in [4.69, 9.17) is 0 Å². The van der Waals surface area contributed by atoms with Crippen molar-refractivity contribution in [3.8, 4) is 0 Å². The van der Waals surface area contributed by atoms with Crippen molar-refractivity contribution in [3.63, 3.8) is 0 Å². The van der Waals surface area contributed by atoms with Crippen molar-refractivity contribution in [3.05, 3.63) is 0 Å². The van der Waals surface area contributed by atoms with E-state index in [9.17, 15) is 14.4 Å². The zero-order valence-corrected chi connectivity index (χ0v) is 13.4. The van der Waals surface area contributed by atoms with E-state index >= 15 is 0 Å². The molecule has 1 heterocycles. The highest BCUT2D eigenvalue weighted by Gasteiger charge is 2.31. The van der Waals surface area contributed by atoms with Crippen LogP contribution < -0.4 is 10.6 Å². The Labute approximate surface area is 132 Å². The number of carbonyl (C=O) groups excluding carboxylic acids is 3. The molecule has 0 aromatic rings. The highest BCUT2D eigenvalue weighted by molar-refractivity contribution is 5.87. The molecule has 1 aliphatic carbocycles. The molecule has 2 N–H and O–H groups in total. The minimum atomic E-state index is -0.457. The van der Waals surface area contributed by atoms with Crippen molar-refractivity contribution >= 4 is 17.7 Å². The second-order valence-corrected chi connectivity index (χ2v) is 6.35. The quantitative estimate of drug-likeness (QED) is 0.762. The first-order chi connectivity index (χ1) is 10.6. The van der Waals surface area contributed by atoms with Crippen LogP contribution >= 0.6 is 0 Å². The lowest BCUT2D eigenvalue weighted by molar-refractivity contribution is -0.131. The first-order valence-electron chi connectivity index (χ1n) is 8.40. The van der Waals surface area contributed by atoms with Gasteiger partial charge in [0.2, 0.25) is 17.7 Å². The van der Waals surface area contributed by atoms with Gasteiger partial charge in [-0.25, -0.2) is 0 Å². The van der Waals surface area contributed by atoms with E-state index < -0.39 is 6.04 Å². The maximum Gasteiger partial charge on any atom is 0.242 e. The molecule has 0 bridgehead atoms. The van der Waals surface area contributed by atoms with E-state index in [2.05, 4.69) is 10.6 Å². The van der Waals surface area contributed by atoms with Crippen molar-refractivity contribution < 1.29 is 14.4 Å². The Bertz CT molecular complexity index is 413. The van der Waals surface area contributed by atoms with E-state index in [1.807, 2.05) is 4.90 Å². The Kier molecular flexibility index (Phi) is 6.21. The number of hydrogen-bond acceptors (Lipinski definition) is 3. The molecular formula is C16H27N3O3. The monoisotopic (exact) mass is 309 g/mol. The molecule has 0 aromatic carbocycles. The molecule has 6 heteroatoms. The van der Waals surface area contributed by atoms with Crippen molar-refractivity contribution in [1.82, 2.24) is 15.5 Å². The lowest BCUT2D eigenvalue weighted by atomic mass is 9.97. The maximum absolute atomic E-state index is 12.3. The van der Waals surface area contributed by atoms with E-state index in [0.717, 1.165) is 51.6 Å². The number of nitrogens with zero attached hydrogens (tertiary/aromatic N) is 1. The van der Waals surface area contributed by atoms with Gasteiger partial charge in [-0.2, -0.15) is 0 Å². The van der Waals surface area contributed by atoms with Gasteiger partial charge in [0.25, 0.3) is 0 Å². The van der Waals surface area contributed by atoms with Crippen LogP contribution in [-0.4, -0.2) is 48.3 Å². The van der Waals surface area contributed by atoms with Crippen molar-refractivity contribution in [2.24, 2.45) is 5.92 Å². The van der Waals surface area contributed by atoms with Gasteiger partial charge in [-0.1, -0.05) is 12.8 Å². The highest BCUT2D eigenvalue weighted by atomic mass is 16.2. The van der Waals surface area contributed by atoms with Gasteiger partial charge in [0.05, 0.1) is 0 Å². The second kappa shape index (κ2) is 8.15. The molecule has 1 aliphatic heterocycles. The van der Waals surface area contributed by atoms with Gasteiger partial charge >= 0.3 is 0 Å². The summed E-state index contributed by atoms with van der Waals surface area (Å²) in [5.41, 5.74) is 0. The predicted octanol–water partition coefficient (Wildman–Crippen LogP) is 0.810. The number of carbonyl (C=O) groups is 3. The third-order valence-electron chi connectivity index (χ3n) is 4.61. The van der Waals surface area contributed by atoms with E-state index in [-0.39, 0.29) is 23.6 Å². The molecular weight excluding hydrogens is 282 g/mol. The standard InChI is InChI=1S/C16H27N3O3/c1-12(20)18-15(13-6-2-3-7-13)16(22)17-9-8-14(21)19-10-4-5-11-19/h13,15H,2-11H2,1H3,(H,17,22)(H,18,20). The fourth-order valence-electron chi connectivity index (χ4n) is 3.43. The Morgan fingerprint density at radius 3 is 2.32 bits per heavy atom. The lowest BCUT2D eigenvalue weighted by Gasteiger charge is -2.23. The Morgan fingerprint density at radius 2 is 1.73 bits per heavy atom. The number of likely N-dealkylation sites (tertiary alicyclic amines) is 1. The van der Waals surface area contributed by atoms with E-state index in [1.165, 1.54) is 6.92 Å². The van der Waals surface area contributed by atoms with Gasteiger partial charge in [-0.05, 0) is 31.6 Å². The van der Waals surface area contributed by atoms with Crippen LogP contribution in [0.15, 0.2) is 0 Å². The zero-order chi connectivity index (χ0) is 15.9. The van der Waals surface area contributed by atoms with Gasteiger partial charge in [0.15, 0.2) is 0 Å². The van der Waals surface area contributed by atoms with Gasteiger partial charge in [0.1, 0.15) is 6.04 Å². The maximum atomic E-state index is 12.3. The summed E-state index contributed by atoms with van der Waals surface area (Å²) in [6.45, 7) is 3.45. The van der Waals surface area contributed by atoms with Crippen molar-refractivity contribution in [2.75, 3.05) is 19.6 Å². The van der Waals surface area contributed by atoms with Gasteiger partial charge in [-0.3, -0.25) is 14.4 Å². The fraction of sp³-hybridized carbons (Fsp3) is 0.812. The number of rotatable bonds is 6. The van der Waals surface area contributed by atoms with Crippen LogP contribution in [0.5, 0.6) is 0 Å². The van der Waals surface area contributed by atoms with Crippen LogP contribution in [0.4, 0.5) is 0 Å². The highest BCUT2D eigenvalue weighted by Crippen LogP contribution is 2.27. The van der Waals surface area contributed by atoms with Crippen LogP contribution in [0.3, 0.4) is 0 Å². The Morgan fingerprint density at radius 1 is 1.09 bits per heavy atom. The van der Waals surface area contributed by atoms with Crippen LogP contribution in [0.25, 0.3) is 0 Å². The molecule has 2 fully saturated rings. The Balaban J connectivity index is 1.77. The first-order valence-corrected chi connectivity index (χ1v) is 8.40. The second-order valence-electron chi connectivity index (χ2n) is 6.35. The molecule has 22 heavy (non-hydrogen) atoms. The summed E-state index contributed by atoms with van der Waals surface area (Å²) < 4.78 is 0. The molecule has 3 amide bonds. The summed E-state index contributed by atoms with van der Waals surface area (Å²) >= 11 is 0. The average Bonchev–Trinajstić information content (AvgIpc) is 3.17. The van der Waals surface area contributed by atoms with Gasteiger partial charge in [0, 0.05) is 33.0 Å². The van der Waals surface area contributed by atoms with Crippen molar-refractivity contribution in [1.29, 1.82) is 0 Å². The third kappa shape index (κ3) is 4.71. The predicted molar refractivity (Wildman–Crippen MR) is 83.0 cm³/mol. The molecule has 1 saturated heterocycles. The van der Waals surface area contributed by atoms with Crippen LogP contribution in [-0.2, 0) is 14.4 Å². The van der Waals surface area contributed by atoms with Crippen LogP contribution in [0, 0.1) is 5.92 Å². The fourth-order valence-corrected chi connectivity index (χ4v) is 3.43. The molecule has 6 nitrogen and oxygen atoms in total. The number of amides is 3. The SMILES string of the molecule is CC(=O)NC(C(=O)NCCC(=O)N1CCCC1)C1CCCC1. The summed E-state index contributed by atoms with van der Waals surface area (Å²) in [7, 11) is 0. The zero-order valence-electron chi connectivity index (χ0n) is 13.4. The van der Waals surface area contributed by atoms with Crippen molar-refractivity contribution in [2.45, 2.75) is 57.9 Å². The molecule has 2 rings (SSSR count). The molecule has 1 saturated carbocycles. The summed E-state index contributed by atoms with van der Waals surface area (Å²) in [6.07, 6.45) is 6.66. The topological polar surface area (TPSA) is 78.5 Å². The Hall–Kier alpha value is -1.59. The van der Waals surface area contributed by atoms with Crippen LogP contribution in [0.1, 0.15) is 51.9 Å². The molecule has 0 aromatic heterocycles. The lowest BCUT2D eigenvalue weighted by Crippen LogP contribution is -2.50. The van der Waals surface area contributed by atoms with Gasteiger partial charge < -0.3 is 15.5 Å². The summed E-state index contributed by atoms with van der Waals surface area (Å²) in [5.74, 6) is -0.00978. The molecule has 124 valence electrons. The summed E-state index contributed by atoms with van der Waals surface area (Å²) in [6, 6.07) is -0.457. The average molecular weight is 309 g/mol. The molecule has 1 atom stereocenters. The molecule has 1 unspecified atom stereocenters. The number of nitrogens with one attached hydrogen (secondary N) is 2. The third-order valence-corrected chi connectivity index (χ3v) is 4.61. The largest absolute Gasteiger partial charge is 0.354 e. The minimum Gasteiger partial charge on any atom is -0.354 e. The number of hydrogen-bond donors (Lipinski definition) is 2. The van der Waals surface area contributed by atoms with Gasteiger partial charge in [-0.15, -0.1) is 0 Å². The minimum absolute atomic E-state index is 0.106. The first kappa shape index (κ1) is 16.8. The normalized spacial score (nSPS) is 20.0.